The van der Waals surface area contributed by atoms with Crippen LogP contribution < -0.4 is 5.32 Å². The second-order valence-corrected chi connectivity index (χ2v) is 4.93. The third-order valence-corrected chi connectivity index (χ3v) is 3.23. The van der Waals surface area contributed by atoms with Crippen molar-refractivity contribution in [2.45, 2.75) is 20.3 Å². The van der Waals surface area contributed by atoms with Crippen LogP contribution in [0.5, 0.6) is 0 Å². The normalized spacial score (nSPS) is 10.3. The summed E-state index contributed by atoms with van der Waals surface area (Å²) in [7, 11) is 0. The van der Waals surface area contributed by atoms with Crippen molar-refractivity contribution in [3.05, 3.63) is 65.0 Å². The van der Waals surface area contributed by atoms with Gasteiger partial charge in [0, 0.05) is 24.2 Å². The van der Waals surface area contributed by atoms with E-state index in [9.17, 15) is 9.18 Å². The van der Waals surface area contributed by atoms with Crippen molar-refractivity contribution in [3.8, 4) is 0 Å². The lowest BCUT2D eigenvalue weighted by atomic mass is 10.1. The van der Waals surface area contributed by atoms with Crippen LogP contribution in [-0.2, 0) is 0 Å². The summed E-state index contributed by atoms with van der Waals surface area (Å²) in [6, 6.07) is 12.5. The summed E-state index contributed by atoms with van der Waals surface area (Å²) in [5.41, 5.74) is 3.17. The lowest BCUT2D eigenvalue weighted by Gasteiger charge is -2.07. The Kier molecular flexibility index (Phi) is 4.51. The molecule has 0 radical (unpaired) electrons. The van der Waals surface area contributed by atoms with E-state index >= 15 is 0 Å². The molecule has 1 N–H and O–H groups in total. The van der Waals surface area contributed by atoms with Crippen LogP contribution in [0.25, 0.3) is 0 Å². The number of hydrogen-bond donors (Lipinski definition) is 1. The topological polar surface area (TPSA) is 29.1 Å². The van der Waals surface area contributed by atoms with Crippen molar-refractivity contribution < 1.29 is 9.18 Å². The van der Waals surface area contributed by atoms with Gasteiger partial charge in [0.2, 0.25) is 0 Å². The molecule has 0 aliphatic carbocycles. The van der Waals surface area contributed by atoms with Crippen molar-refractivity contribution in [2.75, 3.05) is 11.9 Å². The standard InChI is InChI=1S/C17H18FNO/c1-12-3-6-14(7-4-12)17(20)9-10-19-15-8-5-13(2)16(18)11-15/h3-8,11,19H,9-10H2,1-2H3. The van der Waals surface area contributed by atoms with Gasteiger partial charge in [-0.2, -0.15) is 0 Å². The Morgan fingerprint density at radius 3 is 2.45 bits per heavy atom. The first-order chi connectivity index (χ1) is 9.56. The molecule has 0 bridgehead atoms. The number of hydrogen-bond acceptors (Lipinski definition) is 2. The van der Waals surface area contributed by atoms with E-state index in [1.165, 1.54) is 6.07 Å². The van der Waals surface area contributed by atoms with E-state index in [-0.39, 0.29) is 11.6 Å². The van der Waals surface area contributed by atoms with Gasteiger partial charge in [-0.25, -0.2) is 4.39 Å². The van der Waals surface area contributed by atoms with Crippen LogP contribution in [0, 0.1) is 19.7 Å². The molecule has 0 spiro atoms. The monoisotopic (exact) mass is 271 g/mol. The van der Waals surface area contributed by atoms with Gasteiger partial charge in [-0.05, 0) is 31.5 Å². The van der Waals surface area contributed by atoms with Crippen molar-refractivity contribution in [2.24, 2.45) is 0 Å². The Balaban J connectivity index is 1.87. The smallest absolute Gasteiger partial charge is 0.164 e. The zero-order valence-electron chi connectivity index (χ0n) is 11.7. The molecule has 3 heteroatoms. The van der Waals surface area contributed by atoms with E-state index in [2.05, 4.69) is 5.32 Å². The van der Waals surface area contributed by atoms with Gasteiger partial charge in [-0.1, -0.05) is 35.9 Å². The summed E-state index contributed by atoms with van der Waals surface area (Å²) in [6.45, 7) is 4.21. The second kappa shape index (κ2) is 6.33. The van der Waals surface area contributed by atoms with Gasteiger partial charge in [0.1, 0.15) is 5.82 Å². The number of rotatable bonds is 5. The van der Waals surface area contributed by atoms with Crippen molar-refractivity contribution in [3.63, 3.8) is 0 Å². The van der Waals surface area contributed by atoms with E-state index in [1.807, 2.05) is 37.3 Å². The predicted octanol–water partition coefficient (Wildman–Crippen LogP) is 4.13. The van der Waals surface area contributed by atoms with Gasteiger partial charge in [-0.3, -0.25) is 4.79 Å². The van der Waals surface area contributed by atoms with Crippen LogP contribution in [-0.4, -0.2) is 12.3 Å². The Morgan fingerprint density at radius 2 is 1.80 bits per heavy atom. The lowest BCUT2D eigenvalue weighted by molar-refractivity contribution is 0.0986. The summed E-state index contributed by atoms with van der Waals surface area (Å²) in [6.07, 6.45) is 0.387. The minimum absolute atomic E-state index is 0.0880. The zero-order valence-corrected chi connectivity index (χ0v) is 11.7. The molecule has 104 valence electrons. The summed E-state index contributed by atoms with van der Waals surface area (Å²) >= 11 is 0. The maximum atomic E-state index is 13.4. The number of halogens is 1. The molecule has 0 atom stereocenters. The first-order valence-electron chi connectivity index (χ1n) is 6.66. The lowest BCUT2D eigenvalue weighted by Crippen LogP contribution is -2.09. The quantitative estimate of drug-likeness (QED) is 0.828. The Labute approximate surface area is 118 Å². The minimum Gasteiger partial charge on any atom is -0.385 e. The largest absolute Gasteiger partial charge is 0.385 e. The SMILES string of the molecule is Cc1ccc(C(=O)CCNc2ccc(C)c(F)c2)cc1. The molecular formula is C17H18FNO. The highest BCUT2D eigenvalue weighted by Gasteiger charge is 2.05. The summed E-state index contributed by atoms with van der Waals surface area (Å²) < 4.78 is 13.4. The van der Waals surface area contributed by atoms with Gasteiger partial charge >= 0.3 is 0 Å². The van der Waals surface area contributed by atoms with Crippen LogP contribution in [0.3, 0.4) is 0 Å². The van der Waals surface area contributed by atoms with Crippen LogP contribution in [0.4, 0.5) is 10.1 Å². The molecule has 2 aromatic carbocycles. The first kappa shape index (κ1) is 14.3. The van der Waals surface area contributed by atoms with Gasteiger partial charge in [0.25, 0.3) is 0 Å². The molecule has 2 aromatic rings. The molecule has 2 nitrogen and oxygen atoms in total. The molecule has 0 fully saturated rings. The van der Waals surface area contributed by atoms with Gasteiger partial charge in [0.15, 0.2) is 5.78 Å². The van der Waals surface area contributed by atoms with E-state index in [0.717, 1.165) is 5.56 Å². The minimum atomic E-state index is -0.236. The first-order valence-corrected chi connectivity index (χ1v) is 6.66. The fourth-order valence-corrected chi connectivity index (χ4v) is 1.91. The molecule has 0 saturated carbocycles. The molecule has 0 unspecified atom stereocenters. The molecule has 2 rings (SSSR count). The molecular weight excluding hydrogens is 253 g/mol. The van der Waals surface area contributed by atoms with E-state index < -0.39 is 0 Å². The summed E-state index contributed by atoms with van der Waals surface area (Å²) in [5.74, 6) is -0.148. The van der Waals surface area contributed by atoms with Crippen molar-refractivity contribution >= 4 is 11.5 Å². The van der Waals surface area contributed by atoms with Gasteiger partial charge in [-0.15, -0.1) is 0 Å². The van der Waals surface area contributed by atoms with E-state index in [4.69, 9.17) is 0 Å². The molecule has 0 aliphatic rings. The van der Waals surface area contributed by atoms with E-state index in [1.54, 1.807) is 13.0 Å². The van der Waals surface area contributed by atoms with Crippen LogP contribution in [0.1, 0.15) is 27.9 Å². The Morgan fingerprint density at radius 1 is 1.10 bits per heavy atom. The highest BCUT2D eigenvalue weighted by Crippen LogP contribution is 2.14. The third kappa shape index (κ3) is 3.67. The number of ketones is 1. The third-order valence-electron chi connectivity index (χ3n) is 3.23. The predicted molar refractivity (Wildman–Crippen MR) is 79.8 cm³/mol. The van der Waals surface area contributed by atoms with Crippen molar-refractivity contribution in [1.29, 1.82) is 0 Å². The molecule has 20 heavy (non-hydrogen) atoms. The molecule has 0 heterocycles. The fraction of sp³-hybridized carbons (Fsp3) is 0.235. The van der Waals surface area contributed by atoms with E-state index in [0.29, 0.717) is 29.8 Å². The zero-order chi connectivity index (χ0) is 14.5. The van der Waals surface area contributed by atoms with Crippen LogP contribution >= 0.6 is 0 Å². The maximum Gasteiger partial charge on any atom is 0.164 e. The maximum absolute atomic E-state index is 13.4. The Hall–Kier alpha value is -2.16. The number of aryl methyl sites for hydroxylation is 2. The average molecular weight is 271 g/mol. The highest BCUT2D eigenvalue weighted by molar-refractivity contribution is 5.96. The molecule has 0 amide bonds. The van der Waals surface area contributed by atoms with Gasteiger partial charge < -0.3 is 5.32 Å². The number of carbonyl (C=O) groups excluding carboxylic acids is 1. The summed E-state index contributed by atoms with van der Waals surface area (Å²) in [5, 5.41) is 3.06. The number of benzene rings is 2. The second-order valence-electron chi connectivity index (χ2n) is 4.93. The Bertz CT molecular complexity index is 605. The molecule has 0 aromatic heterocycles. The highest BCUT2D eigenvalue weighted by atomic mass is 19.1. The number of anilines is 1. The molecule has 0 saturated heterocycles. The van der Waals surface area contributed by atoms with Crippen LogP contribution in [0.15, 0.2) is 42.5 Å². The summed E-state index contributed by atoms with van der Waals surface area (Å²) in [4.78, 5) is 12.0. The van der Waals surface area contributed by atoms with Crippen LogP contribution in [0.2, 0.25) is 0 Å². The molecule has 0 aliphatic heterocycles. The number of carbonyl (C=O) groups is 1. The average Bonchev–Trinajstić information content (AvgIpc) is 2.43. The number of nitrogens with one attached hydrogen (secondary N) is 1. The number of Topliss-reactive ketones (excluding diaryl/α,β-unsaturated/α-hetero) is 1. The van der Waals surface area contributed by atoms with Crippen molar-refractivity contribution in [1.82, 2.24) is 0 Å². The fourth-order valence-electron chi connectivity index (χ4n) is 1.91. The van der Waals surface area contributed by atoms with Gasteiger partial charge in [0.05, 0.1) is 0 Å².